The van der Waals surface area contributed by atoms with Crippen LogP contribution in [0.1, 0.15) is 52.4 Å². The summed E-state index contributed by atoms with van der Waals surface area (Å²) in [5.41, 5.74) is 0.950. The fourth-order valence-corrected chi connectivity index (χ4v) is 4.77. The molecule has 0 saturated carbocycles. The number of amides is 2. The van der Waals surface area contributed by atoms with Gasteiger partial charge < -0.3 is 19.2 Å². The van der Waals surface area contributed by atoms with Crippen molar-refractivity contribution in [2.75, 3.05) is 19.3 Å². The average Bonchev–Trinajstić information content (AvgIpc) is 3.50. The van der Waals surface area contributed by atoms with E-state index < -0.39 is 0 Å². The zero-order chi connectivity index (χ0) is 22.0. The van der Waals surface area contributed by atoms with Crippen molar-refractivity contribution >= 4 is 34.9 Å². The van der Waals surface area contributed by atoms with Crippen molar-refractivity contribution in [1.82, 2.24) is 30.0 Å². The molecule has 2 amide bonds. The Morgan fingerprint density at radius 2 is 2.10 bits per heavy atom. The van der Waals surface area contributed by atoms with Gasteiger partial charge in [-0.05, 0) is 18.2 Å². The lowest BCUT2D eigenvalue weighted by molar-refractivity contribution is 0.0753. The van der Waals surface area contributed by atoms with Crippen molar-refractivity contribution in [2.24, 2.45) is 5.92 Å². The van der Waals surface area contributed by atoms with Gasteiger partial charge in [0.05, 0.1) is 17.9 Å². The minimum Gasteiger partial charge on any atom is -0.472 e. The molecule has 0 aromatic carbocycles. The summed E-state index contributed by atoms with van der Waals surface area (Å²) < 4.78 is 7.93. The highest BCUT2D eigenvalue weighted by Gasteiger charge is 2.29. The number of hydrogen-bond acceptors (Lipinski definition) is 8. The van der Waals surface area contributed by atoms with Gasteiger partial charge in [0.1, 0.15) is 22.1 Å². The first-order valence-electron chi connectivity index (χ1n) is 10.0. The van der Waals surface area contributed by atoms with Crippen LogP contribution in [0.2, 0.25) is 0 Å². The molecule has 11 heteroatoms. The molecule has 0 unspecified atom stereocenters. The molecule has 1 N–H and O–H groups in total. The van der Waals surface area contributed by atoms with Crippen molar-refractivity contribution in [2.45, 2.75) is 37.2 Å². The number of nitrogens with zero attached hydrogens (tertiary/aromatic N) is 5. The zero-order valence-corrected chi connectivity index (χ0v) is 19.2. The van der Waals surface area contributed by atoms with E-state index in [-0.39, 0.29) is 23.8 Å². The smallest absolute Gasteiger partial charge is 0.273 e. The summed E-state index contributed by atoms with van der Waals surface area (Å²) in [7, 11) is 0. The third kappa shape index (κ3) is 4.52. The predicted octanol–water partition coefficient (Wildman–Crippen LogP) is 2.88. The van der Waals surface area contributed by atoms with Crippen LogP contribution in [0, 0.1) is 5.92 Å². The molecule has 0 fully saturated rings. The van der Waals surface area contributed by atoms with Crippen LogP contribution in [0.3, 0.4) is 0 Å². The summed E-state index contributed by atoms with van der Waals surface area (Å²) in [6.45, 7) is 5.70. The van der Waals surface area contributed by atoms with Gasteiger partial charge in [-0.2, -0.15) is 0 Å². The van der Waals surface area contributed by atoms with Gasteiger partial charge in [0, 0.05) is 31.4 Å². The number of thiazole rings is 1. The van der Waals surface area contributed by atoms with Crippen molar-refractivity contribution in [3.8, 4) is 0 Å². The Balaban J connectivity index is 1.51. The molecular weight excluding hydrogens is 436 g/mol. The second-order valence-corrected chi connectivity index (χ2v) is 9.49. The molecule has 31 heavy (non-hydrogen) atoms. The summed E-state index contributed by atoms with van der Waals surface area (Å²) in [6.07, 6.45) is 5.43. The van der Waals surface area contributed by atoms with Crippen molar-refractivity contribution in [1.29, 1.82) is 0 Å². The summed E-state index contributed by atoms with van der Waals surface area (Å²) >= 11 is 3.01. The first kappa shape index (κ1) is 21.6. The van der Waals surface area contributed by atoms with Crippen LogP contribution in [0.25, 0.3) is 0 Å². The molecular formula is C20H24N6O3S2. The number of hydrogen-bond donors (Lipinski definition) is 1. The van der Waals surface area contributed by atoms with Crippen molar-refractivity contribution < 1.29 is 14.0 Å². The number of fused-ring (bicyclic) bond motifs is 1. The highest BCUT2D eigenvalue weighted by molar-refractivity contribution is 8.00. The van der Waals surface area contributed by atoms with E-state index in [1.54, 1.807) is 6.07 Å². The van der Waals surface area contributed by atoms with Crippen molar-refractivity contribution in [3.05, 3.63) is 46.9 Å². The molecule has 4 heterocycles. The molecule has 3 aromatic heterocycles. The van der Waals surface area contributed by atoms with Gasteiger partial charge in [0.15, 0.2) is 5.82 Å². The Morgan fingerprint density at radius 3 is 2.77 bits per heavy atom. The molecule has 9 nitrogen and oxygen atoms in total. The lowest BCUT2D eigenvalue weighted by Crippen LogP contribution is -2.35. The largest absolute Gasteiger partial charge is 0.472 e. The van der Waals surface area contributed by atoms with E-state index >= 15 is 0 Å². The van der Waals surface area contributed by atoms with Crippen LogP contribution in [0.5, 0.6) is 0 Å². The minimum absolute atomic E-state index is 0.0644. The number of thioether (sulfide) groups is 1. The first-order valence-corrected chi connectivity index (χ1v) is 12.1. The number of nitrogens with one attached hydrogen (secondary N) is 1. The van der Waals surface area contributed by atoms with E-state index in [4.69, 9.17) is 4.42 Å². The third-order valence-electron chi connectivity index (χ3n) is 5.23. The number of rotatable bonds is 6. The van der Waals surface area contributed by atoms with E-state index in [0.717, 1.165) is 10.2 Å². The summed E-state index contributed by atoms with van der Waals surface area (Å²) in [6, 6.07) is 1.31. The maximum atomic E-state index is 12.9. The molecule has 1 atom stereocenters. The Morgan fingerprint density at radius 1 is 1.26 bits per heavy atom. The van der Waals surface area contributed by atoms with E-state index in [0.29, 0.717) is 43.1 Å². The van der Waals surface area contributed by atoms with E-state index in [1.807, 2.05) is 35.0 Å². The van der Waals surface area contributed by atoms with Gasteiger partial charge in [-0.3, -0.25) is 9.59 Å². The molecule has 164 valence electrons. The van der Waals surface area contributed by atoms with Crippen LogP contribution >= 0.6 is 23.1 Å². The predicted molar refractivity (Wildman–Crippen MR) is 117 cm³/mol. The van der Waals surface area contributed by atoms with Crippen molar-refractivity contribution in [3.63, 3.8) is 0 Å². The molecule has 0 bridgehead atoms. The topological polar surface area (TPSA) is 106 Å². The fourth-order valence-electron chi connectivity index (χ4n) is 3.54. The maximum Gasteiger partial charge on any atom is 0.273 e. The minimum atomic E-state index is -0.312. The lowest BCUT2D eigenvalue weighted by Gasteiger charge is -2.23. The molecule has 0 aliphatic carbocycles. The molecule has 1 aliphatic heterocycles. The monoisotopic (exact) mass is 460 g/mol. The molecule has 0 radical (unpaired) electrons. The summed E-state index contributed by atoms with van der Waals surface area (Å²) in [4.78, 5) is 31.7. The van der Waals surface area contributed by atoms with Crippen LogP contribution in [-0.2, 0) is 13.0 Å². The normalized spacial score (nSPS) is 14.9. The molecule has 3 aromatic rings. The van der Waals surface area contributed by atoms with Gasteiger partial charge in [0.2, 0.25) is 0 Å². The van der Waals surface area contributed by atoms with Gasteiger partial charge in [0.25, 0.3) is 11.8 Å². The maximum absolute atomic E-state index is 12.9. The Bertz CT molecular complexity index is 1060. The average molecular weight is 461 g/mol. The third-order valence-corrected chi connectivity index (χ3v) is 7.10. The van der Waals surface area contributed by atoms with E-state index in [2.05, 4.69) is 20.5 Å². The molecule has 4 rings (SSSR count). The van der Waals surface area contributed by atoms with Gasteiger partial charge in [-0.1, -0.05) is 25.6 Å². The number of aromatic nitrogens is 4. The second-order valence-electron chi connectivity index (χ2n) is 7.58. The van der Waals surface area contributed by atoms with E-state index in [1.165, 1.54) is 35.6 Å². The van der Waals surface area contributed by atoms with Gasteiger partial charge >= 0.3 is 0 Å². The highest BCUT2D eigenvalue weighted by Crippen LogP contribution is 2.24. The number of furan rings is 1. The zero-order valence-electron chi connectivity index (χ0n) is 17.6. The Kier molecular flexibility index (Phi) is 6.42. The van der Waals surface area contributed by atoms with Crippen LogP contribution in [-0.4, -0.2) is 55.8 Å². The lowest BCUT2D eigenvalue weighted by atomic mass is 10.0. The summed E-state index contributed by atoms with van der Waals surface area (Å²) in [5.74, 6) is 1.34. The second kappa shape index (κ2) is 9.23. The number of carbonyl (C=O) groups excluding carboxylic acids is 2. The van der Waals surface area contributed by atoms with Gasteiger partial charge in [-0.25, -0.2) is 4.98 Å². The summed E-state index contributed by atoms with van der Waals surface area (Å²) in [5, 5.41) is 13.6. The Hall–Kier alpha value is -2.66. The number of carbonyl (C=O) groups is 2. The van der Waals surface area contributed by atoms with Crippen LogP contribution in [0.15, 0.2) is 32.7 Å². The SMILES string of the molecule is CSc1nc(C(=O)N2CCc3nnc([C@@H](NC(=O)c4ccoc4)C(C)C)n3CC2)cs1. The first-order chi connectivity index (χ1) is 15.0. The highest BCUT2D eigenvalue weighted by atomic mass is 32.2. The quantitative estimate of drug-likeness (QED) is 0.564. The molecule has 1 aliphatic rings. The standard InChI is InChI=1S/C20H24N6O3S2/c1-12(2)16(22-18(27)13-5-9-29-10-13)17-24-23-15-4-6-25(7-8-26(15)17)19(28)14-11-31-20(21-14)30-3/h5,9-12,16H,4,6-8H2,1-3H3,(H,22,27)/t16-/m0/s1. The molecule has 0 saturated heterocycles. The van der Waals surface area contributed by atoms with Crippen LogP contribution < -0.4 is 5.32 Å². The van der Waals surface area contributed by atoms with E-state index in [9.17, 15) is 9.59 Å². The fraction of sp³-hybridized carbons (Fsp3) is 0.450. The molecule has 0 spiro atoms. The Labute approximate surface area is 188 Å². The van der Waals surface area contributed by atoms with Crippen LogP contribution in [0.4, 0.5) is 0 Å². The van der Waals surface area contributed by atoms with Gasteiger partial charge in [-0.15, -0.1) is 21.5 Å².